The highest BCUT2D eigenvalue weighted by molar-refractivity contribution is 5.97. The number of nitrogens with two attached hydrogens (primary N) is 2. The van der Waals surface area contributed by atoms with Crippen LogP contribution in [0.3, 0.4) is 0 Å². The van der Waals surface area contributed by atoms with Gasteiger partial charge in [-0.1, -0.05) is 46.8 Å². The van der Waals surface area contributed by atoms with Crippen molar-refractivity contribution in [3.8, 4) is 5.75 Å². The maximum Gasteiger partial charge on any atom is 0.326 e. The minimum atomic E-state index is -1.34. The number of nitrogens with one attached hydrogen (secondary N) is 5. The molecule has 2 fully saturated rings. The maximum atomic E-state index is 14.7. The summed E-state index contributed by atoms with van der Waals surface area (Å²) in [5.41, 5.74) is 11.2. The van der Waals surface area contributed by atoms with Crippen LogP contribution in [0, 0.1) is 11.3 Å². The van der Waals surface area contributed by atoms with Crippen LogP contribution in [0.1, 0.15) is 98.0 Å². The number of carboxylic acid groups (broad SMARTS) is 4. The van der Waals surface area contributed by atoms with Gasteiger partial charge in [-0.05, 0) is 99.9 Å². The fourth-order valence-electron chi connectivity index (χ4n) is 9.73. The van der Waals surface area contributed by atoms with Crippen molar-refractivity contribution in [2.75, 3.05) is 98.2 Å². The van der Waals surface area contributed by atoms with Crippen molar-refractivity contribution in [1.29, 1.82) is 0 Å². The van der Waals surface area contributed by atoms with E-state index in [1.54, 1.807) is 52.5 Å². The molecule has 0 saturated carbocycles. The first-order chi connectivity index (χ1) is 38.2. The van der Waals surface area contributed by atoms with Gasteiger partial charge in [0.2, 0.25) is 35.4 Å². The Kier molecular flexibility index (Phi) is 29.4. The quantitative estimate of drug-likeness (QED) is 0.0367. The molecule has 6 atom stereocenters. The standard InChI is InChI=1S/C54H90N12O15/c1-35(2)29-41(53(80)81)60-51(78)47(54(3,4)5)61-49(76)40(30-36-14-16-37(67)17-15-36)59-50(77)42-13-10-20-66(42)52(79)39(12-7-9-19-56)58-48(75)38(11-6-8-18-55)57-43(68)31-62-21-23-63(32-44(69)70)25-27-65(34-46(73)74)28-26-64(24-22-62)33-45(71)72/h14-17,35,38-42,47,67H,6-13,18-34,55-56H2,1-5H3,(H,57,68)(H,58,75)(H,59,77)(H,60,78)(H,61,76)(H,69,70)(H,71,72)(H,73,74)(H,80,81)/t38-,39-,40-,41-,42-,47+/m0/s1. The molecule has 0 bridgehead atoms. The first-order valence-electron chi connectivity index (χ1n) is 28.0. The molecular formula is C54H90N12O15. The van der Waals surface area contributed by atoms with E-state index in [1.165, 1.54) is 17.0 Å². The van der Waals surface area contributed by atoms with Gasteiger partial charge in [0.1, 0.15) is 42.0 Å². The summed E-state index contributed by atoms with van der Waals surface area (Å²) in [6.07, 6.45) is 2.61. The van der Waals surface area contributed by atoms with Crippen LogP contribution in [0.15, 0.2) is 24.3 Å². The number of unbranched alkanes of at least 4 members (excludes halogenated alkanes) is 2. The zero-order chi connectivity index (χ0) is 60.4. The SMILES string of the molecule is CC(C)C[C@H](NC(=O)[C@@H](NC(=O)[C@H](Cc1ccc(O)cc1)NC(=O)[C@@H]1CCCN1C(=O)[C@H](CCCCN)NC(=O)[C@H](CCCCN)NC(=O)CN1CCN(CC(=O)O)CCN(CC(=O)O)CCN(CC(=O)O)CC1)C(C)(C)C)C(=O)O. The normalized spacial score (nSPS) is 18.2. The van der Waals surface area contributed by atoms with Gasteiger partial charge in [-0.15, -0.1) is 0 Å². The molecule has 14 N–H and O–H groups in total. The number of carboxylic acids is 4. The molecule has 0 aromatic heterocycles. The molecular weight excluding hydrogens is 1060 g/mol. The van der Waals surface area contributed by atoms with Crippen molar-refractivity contribution in [2.45, 2.75) is 135 Å². The number of hydrogen-bond donors (Lipinski definition) is 12. The number of aliphatic carboxylic acids is 4. The van der Waals surface area contributed by atoms with Crippen LogP contribution in [0.25, 0.3) is 0 Å². The highest BCUT2D eigenvalue weighted by atomic mass is 16.4. The molecule has 81 heavy (non-hydrogen) atoms. The fourth-order valence-corrected chi connectivity index (χ4v) is 9.73. The first kappa shape index (κ1) is 68.8. The van der Waals surface area contributed by atoms with Gasteiger partial charge in [-0.3, -0.25) is 62.8 Å². The summed E-state index contributed by atoms with van der Waals surface area (Å²) in [5, 5.41) is 62.5. The zero-order valence-electron chi connectivity index (χ0n) is 47.7. The van der Waals surface area contributed by atoms with Gasteiger partial charge in [0.15, 0.2) is 0 Å². The van der Waals surface area contributed by atoms with Gasteiger partial charge in [0.25, 0.3) is 0 Å². The fraction of sp³-hybridized carbons (Fsp3) is 0.704. The lowest BCUT2D eigenvalue weighted by Gasteiger charge is -2.34. The Labute approximate surface area is 474 Å². The number of hydrogen-bond acceptors (Lipinski definition) is 17. The van der Waals surface area contributed by atoms with Gasteiger partial charge < -0.3 is 68.5 Å². The number of carbonyl (C=O) groups excluding carboxylic acids is 6. The third-order valence-electron chi connectivity index (χ3n) is 14.1. The van der Waals surface area contributed by atoms with Crippen molar-refractivity contribution < 1.29 is 73.5 Å². The summed E-state index contributed by atoms with van der Waals surface area (Å²) < 4.78 is 0. The summed E-state index contributed by atoms with van der Waals surface area (Å²) in [7, 11) is 0. The zero-order valence-corrected chi connectivity index (χ0v) is 47.7. The van der Waals surface area contributed by atoms with Crippen molar-refractivity contribution in [3.05, 3.63) is 29.8 Å². The van der Waals surface area contributed by atoms with E-state index in [1.807, 2.05) is 13.8 Å². The Hall–Kier alpha value is -6.52. The van der Waals surface area contributed by atoms with Crippen molar-refractivity contribution in [2.24, 2.45) is 22.8 Å². The van der Waals surface area contributed by atoms with Crippen molar-refractivity contribution in [3.63, 3.8) is 0 Å². The van der Waals surface area contributed by atoms with E-state index in [9.17, 15) is 73.5 Å². The Morgan fingerprint density at radius 1 is 0.568 bits per heavy atom. The van der Waals surface area contributed by atoms with E-state index in [4.69, 9.17) is 11.5 Å². The second kappa shape index (κ2) is 34.7. The van der Waals surface area contributed by atoms with E-state index >= 15 is 0 Å². The molecule has 2 aliphatic heterocycles. The van der Waals surface area contributed by atoms with Gasteiger partial charge in [0, 0.05) is 65.3 Å². The van der Waals surface area contributed by atoms with E-state index < -0.39 is 101 Å². The van der Waals surface area contributed by atoms with Gasteiger partial charge in [-0.25, -0.2) is 4.79 Å². The van der Waals surface area contributed by atoms with Crippen molar-refractivity contribution >= 4 is 59.3 Å². The van der Waals surface area contributed by atoms with Crippen molar-refractivity contribution in [1.82, 2.24) is 51.1 Å². The molecule has 2 aliphatic rings. The third kappa shape index (κ3) is 25.4. The molecule has 1 aromatic carbocycles. The molecule has 1 aromatic rings. The molecule has 0 spiro atoms. The van der Waals surface area contributed by atoms with E-state index in [2.05, 4.69) is 26.6 Å². The van der Waals surface area contributed by atoms with Gasteiger partial charge in [0.05, 0.1) is 26.2 Å². The number of amides is 6. The van der Waals surface area contributed by atoms with Crippen LogP contribution in [0.4, 0.5) is 0 Å². The molecule has 27 nitrogen and oxygen atoms in total. The Balaban J connectivity index is 1.89. The predicted molar refractivity (Wildman–Crippen MR) is 297 cm³/mol. The monoisotopic (exact) mass is 1150 g/mol. The minimum Gasteiger partial charge on any atom is -0.508 e. The molecule has 2 heterocycles. The molecule has 2 saturated heterocycles. The molecule has 0 aliphatic carbocycles. The maximum absolute atomic E-state index is 14.7. The van der Waals surface area contributed by atoms with Crippen LogP contribution in [-0.4, -0.2) is 244 Å². The Morgan fingerprint density at radius 3 is 1.47 bits per heavy atom. The van der Waals surface area contributed by atoms with Crippen LogP contribution in [0.2, 0.25) is 0 Å². The summed E-state index contributed by atoms with van der Waals surface area (Å²) in [5.74, 6) is -8.77. The van der Waals surface area contributed by atoms with E-state index in [0.717, 1.165) is 0 Å². The first-order valence-corrected chi connectivity index (χ1v) is 28.0. The number of likely N-dealkylation sites (tertiary alicyclic amines) is 1. The number of benzene rings is 1. The number of phenolic OH excluding ortho intramolecular Hbond substituents is 1. The summed E-state index contributed by atoms with van der Waals surface area (Å²) in [6, 6.07) is -1.40. The topological polar surface area (TPSA) is 400 Å². The highest BCUT2D eigenvalue weighted by Crippen LogP contribution is 2.23. The average Bonchev–Trinajstić information content (AvgIpc) is 3.88. The molecule has 27 heteroatoms. The van der Waals surface area contributed by atoms with Crippen LogP contribution in [-0.2, 0) is 54.4 Å². The Bertz CT molecular complexity index is 2220. The predicted octanol–water partition coefficient (Wildman–Crippen LogP) is -1.74. The lowest BCUT2D eigenvalue weighted by Crippen LogP contribution is -2.61. The summed E-state index contributed by atoms with van der Waals surface area (Å²) in [6.45, 7) is 9.35. The number of rotatable bonds is 31. The number of nitrogens with zero attached hydrogens (tertiary/aromatic N) is 5. The second-order valence-electron chi connectivity index (χ2n) is 22.5. The lowest BCUT2D eigenvalue weighted by atomic mass is 9.85. The van der Waals surface area contributed by atoms with E-state index in [0.29, 0.717) is 37.7 Å². The molecule has 6 amide bonds. The molecule has 0 unspecified atom stereocenters. The minimum absolute atomic E-state index is 0.0457. The van der Waals surface area contributed by atoms with E-state index in [-0.39, 0.29) is 142 Å². The summed E-state index contributed by atoms with van der Waals surface area (Å²) >= 11 is 0. The smallest absolute Gasteiger partial charge is 0.326 e. The van der Waals surface area contributed by atoms with Gasteiger partial charge in [-0.2, -0.15) is 0 Å². The van der Waals surface area contributed by atoms with Crippen LogP contribution in [0.5, 0.6) is 5.75 Å². The second-order valence-corrected chi connectivity index (χ2v) is 22.5. The number of carbonyl (C=O) groups is 10. The summed E-state index contributed by atoms with van der Waals surface area (Å²) in [4.78, 5) is 141. The van der Waals surface area contributed by atoms with Gasteiger partial charge >= 0.3 is 23.9 Å². The molecule has 456 valence electrons. The average molecular weight is 1150 g/mol. The Morgan fingerprint density at radius 2 is 1.02 bits per heavy atom. The number of aromatic hydroxyl groups is 1. The molecule has 3 rings (SSSR count). The van der Waals surface area contributed by atoms with Crippen LogP contribution >= 0.6 is 0 Å². The largest absolute Gasteiger partial charge is 0.508 e. The van der Waals surface area contributed by atoms with Crippen LogP contribution < -0.4 is 38.1 Å². The highest BCUT2D eigenvalue weighted by Gasteiger charge is 2.41. The lowest BCUT2D eigenvalue weighted by molar-refractivity contribution is -0.144. The molecule has 0 radical (unpaired) electrons. The number of phenols is 1. The third-order valence-corrected chi connectivity index (χ3v) is 14.1.